The number of ether oxygens (including phenoxy) is 1. The minimum Gasteiger partial charge on any atom is -0.403 e. The van der Waals surface area contributed by atoms with Crippen LogP contribution in [0.4, 0.5) is 6.01 Å². The number of sulfonamides is 1. The average molecular weight is 489 g/mol. The zero-order chi connectivity index (χ0) is 23.4. The summed E-state index contributed by atoms with van der Waals surface area (Å²) in [5.74, 6) is -0.189. The molecular weight excluding hydrogens is 464 g/mol. The van der Waals surface area contributed by atoms with Crippen LogP contribution in [0.3, 0.4) is 0 Å². The van der Waals surface area contributed by atoms with E-state index < -0.39 is 15.9 Å². The van der Waals surface area contributed by atoms with Crippen LogP contribution in [0.5, 0.6) is 0 Å². The third kappa shape index (κ3) is 5.27. The van der Waals surface area contributed by atoms with Gasteiger partial charge in [-0.05, 0) is 55.5 Å². The van der Waals surface area contributed by atoms with E-state index in [-0.39, 0.29) is 22.6 Å². The van der Waals surface area contributed by atoms with Crippen molar-refractivity contribution in [1.29, 1.82) is 0 Å². The molecule has 0 radical (unpaired) electrons. The highest BCUT2D eigenvalue weighted by molar-refractivity contribution is 7.98. The van der Waals surface area contributed by atoms with Gasteiger partial charge in [-0.15, -0.1) is 16.9 Å². The molecule has 1 fully saturated rings. The highest BCUT2D eigenvalue weighted by Crippen LogP contribution is 2.29. The van der Waals surface area contributed by atoms with Gasteiger partial charge < -0.3 is 9.15 Å². The Kier molecular flexibility index (Phi) is 7.13. The van der Waals surface area contributed by atoms with Crippen molar-refractivity contribution in [2.75, 3.05) is 31.8 Å². The van der Waals surface area contributed by atoms with Crippen LogP contribution >= 0.6 is 11.8 Å². The lowest BCUT2D eigenvalue weighted by Gasteiger charge is -2.20. The Balaban J connectivity index is 1.43. The Labute approximate surface area is 196 Å². The first kappa shape index (κ1) is 23.4. The molecule has 2 aromatic carbocycles. The van der Waals surface area contributed by atoms with Gasteiger partial charge in [-0.3, -0.25) is 10.1 Å². The zero-order valence-corrected chi connectivity index (χ0v) is 19.9. The molecule has 4 rings (SSSR count). The molecule has 11 heteroatoms. The number of hydrogen-bond donors (Lipinski definition) is 1. The van der Waals surface area contributed by atoms with Crippen LogP contribution in [-0.4, -0.2) is 61.4 Å². The molecule has 1 atom stereocenters. The van der Waals surface area contributed by atoms with Gasteiger partial charge in [0.2, 0.25) is 10.0 Å². The van der Waals surface area contributed by atoms with Gasteiger partial charge >= 0.3 is 6.01 Å². The fourth-order valence-electron chi connectivity index (χ4n) is 3.50. The second-order valence-corrected chi connectivity index (χ2v) is 10.4. The van der Waals surface area contributed by atoms with Crippen LogP contribution in [0.15, 0.2) is 62.7 Å². The van der Waals surface area contributed by atoms with Gasteiger partial charge in [0, 0.05) is 30.7 Å². The molecule has 0 aliphatic carbocycles. The van der Waals surface area contributed by atoms with E-state index in [9.17, 15) is 13.2 Å². The SMILES string of the molecule is CSc1ccccc1-c1nnc(NC(=O)c2ccc(S(=O)(=O)N(C)CC3CCCO3)cc2)o1. The lowest BCUT2D eigenvalue weighted by molar-refractivity contribution is 0.0979. The maximum atomic E-state index is 12.8. The molecule has 0 bridgehead atoms. The first-order valence-electron chi connectivity index (χ1n) is 10.3. The van der Waals surface area contributed by atoms with E-state index in [1.807, 2.05) is 30.5 Å². The van der Waals surface area contributed by atoms with Crippen LogP contribution in [0.25, 0.3) is 11.5 Å². The fraction of sp³-hybridized carbons (Fsp3) is 0.318. The number of anilines is 1. The molecule has 0 saturated carbocycles. The highest BCUT2D eigenvalue weighted by Gasteiger charge is 2.26. The Hall–Kier alpha value is -2.73. The summed E-state index contributed by atoms with van der Waals surface area (Å²) in [5.41, 5.74) is 1.04. The van der Waals surface area contributed by atoms with E-state index in [4.69, 9.17) is 9.15 Å². The maximum Gasteiger partial charge on any atom is 0.322 e. The van der Waals surface area contributed by atoms with Crippen LogP contribution in [0, 0.1) is 0 Å². The molecule has 1 unspecified atom stereocenters. The first-order valence-corrected chi connectivity index (χ1v) is 13.0. The summed E-state index contributed by atoms with van der Waals surface area (Å²) in [6, 6.07) is 13.2. The van der Waals surface area contributed by atoms with Crippen LogP contribution in [0.1, 0.15) is 23.2 Å². The predicted octanol–water partition coefficient (Wildman–Crippen LogP) is 3.51. The molecule has 1 aromatic heterocycles. The number of carbonyl (C=O) groups excluding carboxylic acids is 1. The van der Waals surface area contributed by atoms with Gasteiger partial charge in [0.15, 0.2) is 0 Å². The normalized spacial score (nSPS) is 16.3. The number of rotatable bonds is 8. The van der Waals surface area contributed by atoms with Crippen LogP contribution < -0.4 is 5.32 Å². The number of nitrogens with zero attached hydrogens (tertiary/aromatic N) is 3. The highest BCUT2D eigenvalue weighted by atomic mass is 32.2. The summed E-state index contributed by atoms with van der Waals surface area (Å²) in [6.45, 7) is 0.956. The summed E-state index contributed by atoms with van der Waals surface area (Å²) in [5, 5.41) is 10.5. The van der Waals surface area contributed by atoms with Crippen LogP contribution in [0.2, 0.25) is 0 Å². The number of thioether (sulfide) groups is 1. The number of benzene rings is 2. The Morgan fingerprint density at radius 1 is 1.18 bits per heavy atom. The zero-order valence-electron chi connectivity index (χ0n) is 18.2. The molecule has 1 N–H and O–H groups in total. The van der Waals surface area contributed by atoms with E-state index >= 15 is 0 Å². The molecule has 1 amide bonds. The first-order chi connectivity index (χ1) is 15.9. The number of nitrogens with one attached hydrogen (secondary N) is 1. The predicted molar refractivity (Wildman–Crippen MR) is 125 cm³/mol. The van der Waals surface area contributed by atoms with Gasteiger partial charge in [0.1, 0.15) is 0 Å². The lowest BCUT2D eigenvalue weighted by atomic mass is 10.2. The van der Waals surface area contributed by atoms with Gasteiger partial charge in [-0.1, -0.05) is 17.2 Å². The summed E-state index contributed by atoms with van der Waals surface area (Å²) < 4.78 is 38.0. The van der Waals surface area contributed by atoms with Crippen molar-refractivity contribution < 1.29 is 22.4 Å². The van der Waals surface area contributed by atoms with Crippen molar-refractivity contribution in [3.05, 3.63) is 54.1 Å². The summed E-state index contributed by atoms with van der Waals surface area (Å²) in [6.07, 6.45) is 3.65. The molecule has 174 valence electrons. The van der Waals surface area contributed by atoms with Crippen LogP contribution in [-0.2, 0) is 14.8 Å². The van der Waals surface area contributed by atoms with Crippen molar-refractivity contribution in [3.63, 3.8) is 0 Å². The quantitative estimate of drug-likeness (QED) is 0.479. The molecule has 33 heavy (non-hydrogen) atoms. The minimum absolute atomic E-state index is 0.0427. The molecule has 1 aliphatic heterocycles. The standard InChI is InChI=1S/C22H24N4O5S2/c1-26(14-16-6-5-13-30-16)33(28,29)17-11-9-15(10-12-17)20(27)23-22-25-24-21(31-22)18-7-3-4-8-19(18)32-2/h3-4,7-12,16H,5-6,13-14H2,1-2H3,(H,23,25,27). The van der Waals surface area contributed by atoms with E-state index in [2.05, 4.69) is 15.5 Å². The largest absolute Gasteiger partial charge is 0.403 e. The number of likely N-dealkylation sites (N-methyl/N-ethyl adjacent to an activating group) is 1. The van der Waals surface area contributed by atoms with E-state index in [1.165, 1.54) is 35.6 Å². The van der Waals surface area contributed by atoms with Gasteiger partial charge in [0.25, 0.3) is 11.8 Å². The Morgan fingerprint density at radius 3 is 2.64 bits per heavy atom. The number of hydrogen-bond acceptors (Lipinski definition) is 8. The molecular formula is C22H24N4O5S2. The molecule has 1 aliphatic rings. The topological polar surface area (TPSA) is 115 Å². The minimum atomic E-state index is -3.68. The van der Waals surface area contributed by atoms with Crippen molar-refractivity contribution >= 4 is 33.7 Å². The third-order valence-corrected chi connectivity index (χ3v) is 7.93. The molecule has 1 saturated heterocycles. The van der Waals surface area contributed by atoms with Crippen molar-refractivity contribution in [1.82, 2.24) is 14.5 Å². The monoisotopic (exact) mass is 488 g/mol. The molecule has 9 nitrogen and oxygen atoms in total. The molecule has 3 aromatic rings. The van der Waals surface area contributed by atoms with Crippen molar-refractivity contribution in [2.24, 2.45) is 0 Å². The number of carbonyl (C=O) groups is 1. The average Bonchev–Trinajstić information content (AvgIpc) is 3.51. The van der Waals surface area contributed by atoms with E-state index in [0.29, 0.717) is 19.0 Å². The summed E-state index contributed by atoms with van der Waals surface area (Å²) >= 11 is 1.55. The fourth-order valence-corrected chi connectivity index (χ4v) is 5.30. The molecule has 0 spiro atoms. The van der Waals surface area contributed by atoms with Crippen molar-refractivity contribution in [2.45, 2.75) is 28.7 Å². The second kappa shape index (κ2) is 10.0. The maximum absolute atomic E-state index is 12.8. The summed E-state index contributed by atoms with van der Waals surface area (Å²) in [7, 11) is -2.16. The Morgan fingerprint density at radius 2 is 1.94 bits per heavy atom. The number of amides is 1. The number of aromatic nitrogens is 2. The van der Waals surface area contributed by atoms with Gasteiger partial charge in [-0.2, -0.15) is 4.31 Å². The van der Waals surface area contributed by atoms with E-state index in [1.54, 1.807) is 11.8 Å². The van der Waals surface area contributed by atoms with E-state index in [0.717, 1.165) is 23.3 Å². The van der Waals surface area contributed by atoms with Crippen molar-refractivity contribution in [3.8, 4) is 11.5 Å². The van der Waals surface area contributed by atoms with Gasteiger partial charge in [-0.25, -0.2) is 8.42 Å². The summed E-state index contributed by atoms with van der Waals surface area (Å²) in [4.78, 5) is 13.7. The smallest absolute Gasteiger partial charge is 0.322 e. The lowest BCUT2D eigenvalue weighted by Crippen LogP contribution is -2.34. The Bertz CT molecular complexity index is 1220. The third-order valence-electron chi connectivity index (χ3n) is 5.29. The van der Waals surface area contributed by atoms with Gasteiger partial charge in [0.05, 0.1) is 16.6 Å². The second-order valence-electron chi connectivity index (χ2n) is 7.51. The molecule has 2 heterocycles.